The van der Waals surface area contributed by atoms with Crippen LogP contribution in [0.15, 0.2) is 16.6 Å². The Labute approximate surface area is 73.3 Å². The molecule has 1 nitrogen and oxygen atoms in total. The minimum Gasteiger partial charge on any atom is -0.494 e. The van der Waals surface area contributed by atoms with Crippen LogP contribution >= 0.6 is 15.9 Å². The number of benzene rings is 1. The van der Waals surface area contributed by atoms with E-state index in [1.54, 1.807) is 19.1 Å². The molecule has 0 fully saturated rings. The third kappa shape index (κ3) is 1.71. The van der Waals surface area contributed by atoms with Gasteiger partial charge < -0.3 is 4.74 Å². The second-order valence-electron chi connectivity index (χ2n) is 2.24. The Morgan fingerprint density at radius 3 is 2.64 bits per heavy atom. The van der Waals surface area contributed by atoms with Crippen LogP contribution in [-0.2, 0) is 0 Å². The first kappa shape index (κ1) is 8.53. The topological polar surface area (TPSA) is 9.23 Å². The van der Waals surface area contributed by atoms with Crippen molar-refractivity contribution in [3.05, 3.63) is 28.0 Å². The monoisotopic (exact) mass is 218 g/mol. The SMILES string of the molecule is COc1cc(Br)cc(C)c1F. The first-order valence-electron chi connectivity index (χ1n) is 3.15. The van der Waals surface area contributed by atoms with E-state index in [1.165, 1.54) is 7.11 Å². The van der Waals surface area contributed by atoms with Crippen LogP contribution in [0.25, 0.3) is 0 Å². The fourth-order valence-corrected chi connectivity index (χ4v) is 1.39. The molecule has 1 aromatic rings. The van der Waals surface area contributed by atoms with Crippen molar-refractivity contribution in [2.75, 3.05) is 7.11 Å². The minimum absolute atomic E-state index is 0.275. The van der Waals surface area contributed by atoms with Crippen LogP contribution < -0.4 is 4.74 Å². The van der Waals surface area contributed by atoms with Crippen LogP contribution in [0.1, 0.15) is 5.56 Å². The van der Waals surface area contributed by atoms with Gasteiger partial charge in [-0.05, 0) is 24.6 Å². The van der Waals surface area contributed by atoms with Crippen LogP contribution in [0, 0.1) is 12.7 Å². The summed E-state index contributed by atoms with van der Waals surface area (Å²) in [6.45, 7) is 1.70. The van der Waals surface area contributed by atoms with Crippen molar-refractivity contribution in [2.45, 2.75) is 6.92 Å². The van der Waals surface area contributed by atoms with Gasteiger partial charge in [-0.15, -0.1) is 0 Å². The highest BCUT2D eigenvalue weighted by molar-refractivity contribution is 9.10. The summed E-state index contributed by atoms with van der Waals surface area (Å²) in [6.07, 6.45) is 0. The quantitative estimate of drug-likeness (QED) is 0.705. The predicted molar refractivity (Wildman–Crippen MR) is 45.4 cm³/mol. The molecule has 1 rings (SSSR count). The van der Waals surface area contributed by atoms with Crippen LogP contribution in [0.5, 0.6) is 5.75 Å². The number of rotatable bonds is 1. The summed E-state index contributed by atoms with van der Waals surface area (Å²) in [5.41, 5.74) is 0.580. The number of hydrogen-bond donors (Lipinski definition) is 0. The van der Waals surface area contributed by atoms with Crippen LogP contribution in [0.4, 0.5) is 4.39 Å². The molecule has 0 aromatic heterocycles. The van der Waals surface area contributed by atoms with Crippen molar-refractivity contribution < 1.29 is 9.13 Å². The average molecular weight is 219 g/mol. The molecule has 3 heteroatoms. The van der Waals surface area contributed by atoms with Gasteiger partial charge in [-0.3, -0.25) is 0 Å². The van der Waals surface area contributed by atoms with Crippen molar-refractivity contribution >= 4 is 15.9 Å². The summed E-state index contributed by atoms with van der Waals surface area (Å²) < 4.78 is 18.7. The standard InChI is InChI=1S/C8H8BrFO/c1-5-3-6(9)4-7(11-2)8(5)10/h3-4H,1-2H3. The van der Waals surface area contributed by atoms with E-state index < -0.39 is 0 Å². The van der Waals surface area contributed by atoms with E-state index in [4.69, 9.17) is 4.74 Å². The van der Waals surface area contributed by atoms with Gasteiger partial charge in [0.2, 0.25) is 0 Å². The van der Waals surface area contributed by atoms with Crippen molar-refractivity contribution in [3.8, 4) is 5.75 Å². The molecule has 0 bridgehead atoms. The molecule has 0 aliphatic carbocycles. The average Bonchev–Trinajstić information content (AvgIpc) is 1.96. The van der Waals surface area contributed by atoms with E-state index in [2.05, 4.69) is 15.9 Å². The number of hydrogen-bond acceptors (Lipinski definition) is 1. The van der Waals surface area contributed by atoms with Gasteiger partial charge in [0.25, 0.3) is 0 Å². The van der Waals surface area contributed by atoms with Crippen LogP contribution in [0.2, 0.25) is 0 Å². The zero-order valence-electron chi connectivity index (χ0n) is 6.32. The molecule has 1 aromatic carbocycles. The maximum atomic E-state index is 13.0. The maximum absolute atomic E-state index is 13.0. The van der Waals surface area contributed by atoms with E-state index in [1.807, 2.05) is 0 Å². The van der Waals surface area contributed by atoms with Gasteiger partial charge in [-0.25, -0.2) is 4.39 Å². The fourth-order valence-electron chi connectivity index (χ4n) is 0.843. The van der Waals surface area contributed by atoms with Gasteiger partial charge in [0.15, 0.2) is 11.6 Å². The summed E-state index contributed by atoms with van der Waals surface area (Å²) in [5.74, 6) is -0.0208. The summed E-state index contributed by atoms with van der Waals surface area (Å²) in [6, 6.07) is 3.31. The van der Waals surface area contributed by atoms with Crippen molar-refractivity contribution in [2.24, 2.45) is 0 Å². The molecule has 0 spiro atoms. The molecule has 0 saturated carbocycles. The van der Waals surface area contributed by atoms with Gasteiger partial charge in [0.05, 0.1) is 7.11 Å². The highest BCUT2D eigenvalue weighted by Gasteiger charge is 2.05. The highest BCUT2D eigenvalue weighted by atomic mass is 79.9. The molecular weight excluding hydrogens is 211 g/mol. The van der Waals surface area contributed by atoms with E-state index in [9.17, 15) is 4.39 Å². The Morgan fingerprint density at radius 2 is 2.09 bits per heavy atom. The summed E-state index contributed by atoms with van der Waals surface area (Å²) in [4.78, 5) is 0. The first-order chi connectivity index (χ1) is 5.15. The maximum Gasteiger partial charge on any atom is 0.168 e. The number of methoxy groups -OCH3 is 1. The molecule has 0 amide bonds. The molecule has 0 unspecified atom stereocenters. The van der Waals surface area contributed by atoms with Gasteiger partial charge >= 0.3 is 0 Å². The number of ether oxygens (including phenoxy) is 1. The molecule has 0 aliphatic heterocycles. The lowest BCUT2D eigenvalue weighted by atomic mass is 10.2. The Kier molecular flexibility index (Phi) is 2.49. The Balaban J connectivity index is 3.24. The zero-order valence-corrected chi connectivity index (χ0v) is 7.90. The van der Waals surface area contributed by atoms with Crippen LogP contribution in [0.3, 0.4) is 0 Å². The Morgan fingerprint density at radius 1 is 1.45 bits per heavy atom. The normalized spacial score (nSPS) is 9.82. The lowest BCUT2D eigenvalue weighted by molar-refractivity contribution is 0.385. The van der Waals surface area contributed by atoms with Gasteiger partial charge in [-0.2, -0.15) is 0 Å². The zero-order chi connectivity index (χ0) is 8.43. The predicted octanol–water partition coefficient (Wildman–Crippen LogP) is 2.91. The molecule has 11 heavy (non-hydrogen) atoms. The van der Waals surface area contributed by atoms with Gasteiger partial charge in [0.1, 0.15) is 0 Å². The fraction of sp³-hybridized carbons (Fsp3) is 0.250. The molecule has 0 heterocycles. The third-order valence-electron chi connectivity index (χ3n) is 1.41. The molecule has 0 atom stereocenters. The van der Waals surface area contributed by atoms with E-state index in [0.29, 0.717) is 5.56 Å². The van der Waals surface area contributed by atoms with Gasteiger partial charge in [-0.1, -0.05) is 15.9 Å². The van der Waals surface area contributed by atoms with E-state index in [-0.39, 0.29) is 11.6 Å². The molecular formula is C8H8BrFO. The van der Waals surface area contributed by atoms with E-state index in [0.717, 1.165) is 4.47 Å². The van der Waals surface area contributed by atoms with Crippen molar-refractivity contribution in [1.29, 1.82) is 0 Å². The Bertz CT molecular complexity index is 273. The smallest absolute Gasteiger partial charge is 0.168 e. The lowest BCUT2D eigenvalue weighted by Crippen LogP contribution is -1.90. The molecule has 60 valence electrons. The summed E-state index contributed by atoms with van der Waals surface area (Å²) >= 11 is 3.24. The molecule has 0 aliphatic rings. The minimum atomic E-state index is -0.296. The molecule has 0 saturated heterocycles. The van der Waals surface area contributed by atoms with Gasteiger partial charge in [0, 0.05) is 4.47 Å². The molecule has 0 radical (unpaired) electrons. The van der Waals surface area contributed by atoms with Crippen LogP contribution in [-0.4, -0.2) is 7.11 Å². The largest absolute Gasteiger partial charge is 0.494 e. The second-order valence-corrected chi connectivity index (χ2v) is 3.15. The number of halogens is 2. The highest BCUT2D eigenvalue weighted by Crippen LogP contribution is 2.25. The lowest BCUT2D eigenvalue weighted by Gasteiger charge is -2.04. The molecule has 0 N–H and O–H groups in total. The van der Waals surface area contributed by atoms with Crippen molar-refractivity contribution in [1.82, 2.24) is 0 Å². The van der Waals surface area contributed by atoms with Crippen molar-refractivity contribution in [3.63, 3.8) is 0 Å². The summed E-state index contributed by atoms with van der Waals surface area (Å²) in [7, 11) is 1.45. The summed E-state index contributed by atoms with van der Waals surface area (Å²) in [5, 5.41) is 0. The number of aryl methyl sites for hydroxylation is 1. The third-order valence-corrected chi connectivity index (χ3v) is 1.86. The second kappa shape index (κ2) is 3.22. The Hall–Kier alpha value is -0.570. The first-order valence-corrected chi connectivity index (χ1v) is 3.94. The van der Waals surface area contributed by atoms with E-state index >= 15 is 0 Å².